The SMILES string of the molecule is CC(C)[C@@H]1SC[C@H](C(=O)O)N1C(=O)c1ccccc1Cl. The van der Waals surface area contributed by atoms with Gasteiger partial charge in [0.15, 0.2) is 0 Å². The van der Waals surface area contributed by atoms with E-state index in [0.29, 0.717) is 16.3 Å². The second-order valence-corrected chi connectivity index (χ2v) is 6.57. The van der Waals surface area contributed by atoms with Gasteiger partial charge in [-0.3, -0.25) is 4.79 Å². The van der Waals surface area contributed by atoms with Crippen molar-refractivity contribution in [3.8, 4) is 0 Å². The second kappa shape index (κ2) is 6.06. The van der Waals surface area contributed by atoms with Gasteiger partial charge in [-0.1, -0.05) is 37.6 Å². The second-order valence-electron chi connectivity index (χ2n) is 5.01. The Morgan fingerprint density at radius 1 is 1.40 bits per heavy atom. The zero-order valence-electron chi connectivity index (χ0n) is 11.2. The van der Waals surface area contributed by atoms with Gasteiger partial charge in [-0.05, 0) is 18.1 Å². The Labute approximate surface area is 127 Å². The largest absolute Gasteiger partial charge is 0.480 e. The first-order valence-electron chi connectivity index (χ1n) is 6.35. The molecule has 0 unspecified atom stereocenters. The molecule has 20 heavy (non-hydrogen) atoms. The Hall–Kier alpha value is -1.20. The summed E-state index contributed by atoms with van der Waals surface area (Å²) in [6, 6.07) is 5.94. The van der Waals surface area contributed by atoms with Gasteiger partial charge in [0.05, 0.1) is 16.0 Å². The van der Waals surface area contributed by atoms with E-state index < -0.39 is 12.0 Å². The van der Waals surface area contributed by atoms with Crippen molar-refractivity contribution in [2.75, 3.05) is 5.75 Å². The van der Waals surface area contributed by atoms with Gasteiger partial charge in [0.1, 0.15) is 6.04 Å². The Morgan fingerprint density at radius 3 is 2.60 bits per heavy atom. The van der Waals surface area contributed by atoms with Crippen LogP contribution in [-0.4, -0.2) is 39.1 Å². The molecular weight excluding hydrogens is 298 g/mol. The highest BCUT2D eigenvalue weighted by Crippen LogP contribution is 2.36. The van der Waals surface area contributed by atoms with Crippen molar-refractivity contribution in [1.82, 2.24) is 4.90 Å². The van der Waals surface area contributed by atoms with E-state index in [0.717, 1.165) is 0 Å². The van der Waals surface area contributed by atoms with Crippen LogP contribution in [0.25, 0.3) is 0 Å². The zero-order chi connectivity index (χ0) is 14.9. The average Bonchev–Trinajstić information content (AvgIpc) is 2.83. The highest BCUT2D eigenvalue weighted by molar-refractivity contribution is 8.00. The molecule has 1 aromatic carbocycles. The van der Waals surface area contributed by atoms with Crippen LogP contribution in [0.2, 0.25) is 5.02 Å². The summed E-state index contributed by atoms with van der Waals surface area (Å²) in [6.45, 7) is 3.96. The summed E-state index contributed by atoms with van der Waals surface area (Å²) in [5, 5.41) is 9.52. The molecule has 0 radical (unpaired) electrons. The number of hydrogen-bond acceptors (Lipinski definition) is 3. The molecule has 108 valence electrons. The first-order chi connectivity index (χ1) is 9.43. The monoisotopic (exact) mass is 313 g/mol. The molecule has 0 aliphatic carbocycles. The molecule has 1 saturated heterocycles. The first kappa shape index (κ1) is 15.2. The standard InChI is InChI=1S/C14H16ClNO3S/c1-8(2)13-16(11(7-20-13)14(18)19)12(17)9-5-3-4-6-10(9)15/h3-6,8,11,13H,7H2,1-2H3,(H,18,19)/t11-,13+/m1/s1. The smallest absolute Gasteiger partial charge is 0.327 e. The minimum atomic E-state index is -0.971. The molecule has 0 spiro atoms. The number of amides is 1. The highest BCUT2D eigenvalue weighted by Gasteiger charge is 2.43. The molecule has 1 aromatic rings. The van der Waals surface area contributed by atoms with Crippen molar-refractivity contribution in [2.45, 2.75) is 25.3 Å². The van der Waals surface area contributed by atoms with E-state index in [1.165, 1.54) is 16.7 Å². The topological polar surface area (TPSA) is 57.6 Å². The molecule has 1 heterocycles. The van der Waals surface area contributed by atoms with Crippen LogP contribution in [-0.2, 0) is 4.79 Å². The number of carbonyl (C=O) groups excluding carboxylic acids is 1. The molecule has 0 bridgehead atoms. The maximum absolute atomic E-state index is 12.7. The van der Waals surface area contributed by atoms with Crippen molar-refractivity contribution in [1.29, 1.82) is 0 Å². The summed E-state index contributed by atoms with van der Waals surface area (Å²) in [5.74, 6) is -0.697. The Kier molecular flexibility index (Phi) is 4.60. The van der Waals surface area contributed by atoms with Crippen LogP contribution in [0.5, 0.6) is 0 Å². The number of benzene rings is 1. The van der Waals surface area contributed by atoms with Crippen molar-refractivity contribution in [3.05, 3.63) is 34.9 Å². The lowest BCUT2D eigenvalue weighted by atomic mass is 10.1. The van der Waals surface area contributed by atoms with Gasteiger partial charge in [-0.25, -0.2) is 4.79 Å². The number of halogens is 1. The molecule has 1 aliphatic heterocycles. The number of hydrogen-bond donors (Lipinski definition) is 1. The van der Waals surface area contributed by atoms with Crippen LogP contribution in [0.3, 0.4) is 0 Å². The molecule has 1 aliphatic rings. The quantitative estimate of drug-likeness (QED) is 0.932. The van der Waals surface area contributed by atoms with Gasteiger partial charge in [0, 0.05) is 5.75 Å². The summed E-state index contributed by atoms with van der Waals surface area (Å²) in [7, 11) is 0. The molecule has 0 saturated carbocycles. The van der Waals surface area contributed by atoms with Crippen LogP contribution in [0.15, 0.2) is 24.3 Å². The van der Waals surface area contributed by atoms with E-state index in [1.807, 2.05) is 13.8 Å². The third kappa shape index (κ3) is 2.79. The summed E-state index contributed by atoms with van der Waals surface area (Å²) in [4.78, 5) is 25.5. The minimum Gasteiger partial charge on any atom is -0.480 e. The Bertz CT molecular complexity index is 535. The third-order valence-corrected chi connectivity index (χ3v) is 5.18. The number of rotatable bonds is 3. The van der Waals surface area contributed by atoms with E-state index in [-0.39, 0.29) is 17.2 Å². The Balaban J connectivity index is 2.37. The average molecular weight is 314 g/mol. The van der Waals surface area contributed by atoms with Gasteiger partial charge in [0.25, 0.3) is 5.91 Å². The molecule has 2 atom stereocenters. The fraction of sp³-hybridized carbons (Fsp3) is 0.429. The molecule has 0 aromatic heterocycles. The number of carboxylic acid groups (broad SMARTS) is 1. The predicted molar refractivity (Wildman–Crippen MR) is 80.1 cm³/mol. The molecule has 4 nitrogen and oxygen atoms in total. The maximum atomic E-state index is 12.7. The van der Waals surface area contributed by atoms with Crippen molar-refractivity contribution < 1.29 is 14.7 Å². The zero-order valence-corrected chi connectivity index (χ0v) is 12.8. The fourth-order valence-corrected chi connectivity index (χ4v) is 3.95. The Morgan fingerprint density at radius 2 is 2.05 bits per heavy atom. The third-order valence-electron chi connectivity index (χ3n) is 3.23. The van der Waals surface area contributed by atoms with Gasteiger partial charge >= 0.3 is 5.97 Å². The lowest BCUT2D eigenvalue weighted by Crippen LogP contribution is -2.47. The van der Waals surface area contributed by atoms with E-state index in [2.05, 4.69) is 0 Å². The number of carbonyl (C=O) groups is 2. The van der Waals surface area contributed by atoms with Gasteiger partial charge in [0.2, 0.25) is 0 Å². The highest BCUT2D eigenvalue weighted by atomic mass is 35.5. The summed E-state index contributed by atoms with van der Waals surface area (Å²) in [6.07, 6.45) is 0. The van der Waals surface area contributed by atoms with Crippen molar-refractivity contribution in [3.63, 3.8) is 0 Å². The number of aliphatic carboxylic acids is 1. The molecule has 2 rings (SSSR count). The molecule has 1 N–H and O–H groups in total. The van der Waals surface area contributed by atoms with Crippen LogP contribution >= 0.6 is 23.4 Å². The van der Waals surface area contributed by atoms with E-state index in [4.69, 9.17) is 11.6 Å². The van der Waals surface area contributed by atoms with Gasteiger partial charge < -0.3 is 10.0 Å². The maximum Gasteiger partial charge on any atom is 0.327 e. The summed E-state index contributed by atoms with van der Waals surface area (Å²) in [5.41, 5.74) is 0.355. The minimum absolute atomic E-state index is 0.139. The predicted octanol–water partition coefficient (Wildman–Crippen LogP) is 2.96. The lowest BCUT2D eigenvalue weighted by Gasteiger charge is -2.30. The fourth-order valence-electron chi connectivity index (χ4n) is 2.26. The van der Waals surface area contributed by atoms with Crippen molar-refractivity contribution >= 4 is 35.2 Å². The van der Waals surface area contributed by atoms with E-state index in [9.17, 15) is 14.7 Å². The molecule has 6 heteroatoms. The van der Waals surface area contributed by atoms with E-state index in [1.54, 1.807) is 24.3 Å². The van der Waals surface area contributed by atoms with Crippen molar-refractivity contribution in [2.24, 2.45) is 5.92 Å². The normalized spacial score (nSPS) is 22.3. The lowest BCUT2D eigenvalue weighted by molar-refractivity contribution is -0.141. The van der Waals surface area contributed by atoms with Gasteiger partial charge in [-0.2, -0.15) is 0 Å². The van der Waals surface area contributed by atoms with Crippen LogP contribution in [0.1, 0.15) is 24.2 Å². The summed E-state index contributed by atoms with van der Waals surface area (Å²) >= 11 is 7.56. The number of nitrogens with zero attached hydrogens (tertiary/aromatic N) is 1. The van der Waals surface area contributed by atoms with E-state index >= 15 is 0 Å². The molecular formula is C14H16ClNO3S. The van der Waals surface area contributed by atoms with Gasteiger partial charge in [-0.15, -0.1) is 11.8 Å². The number of carboxylic acids is 1. The number of thioether (sulfide) groups is 1. The van der Waals surface area contributed by atoms with Crippen LogP contribution in [0, 0.1) is 5.92 Å². The molecule has 1 fully saturated rings. The summed E-state index contributed by atoms with van der Waals surface area (Å²) < 4.78 is 0. The first-order valence-corrected chi connectivity index (χ1v) is 7.77. The van der Waals surface area contributed by atoms with Crippen LogP contribution < -0.4 is 0 Å². The molecule has 1 amide bonds. The van der Waals surface area contributed by atoms with Crippen LogP contribution in [0.4, 0.5) is 0 Å².